The zero-order valence-electron chi connectivity index (χ0n) is 3.23. The molecule has 0 spiro atoms. The van der Waals surface area contributed by atoms with Gasteiger partial charge < -0.3 is 0 Å². The molecule has 0 fully saturated rings. The Morgan fingerprint density at radius 3 is 1.20 bits per heavy atom. The van der Waals surface area contributed by atoms with Crippen molar-refractivity contribution in [2.45, 2.75) is 11.6 Å². The molecule has 0 aliphatic heterocycles. The number of hydrogen-bond donors (Lipinski definition) is 0. The molecule has 0 saturated heterocycles. The van der Waals surface area contributed by atoms with Gasteiger partial charge in [-0.3, -0.25) is 0 Å². The van der Waals surface area contributed by atoms with Gasteiger partial charge in [0, 0.05) is 4.64 Å². The summed E-state index contributed by atoms with van der Waals surface area (Å²) in [7, 11) is 7.92. The monoisotopic (exact) mass is 126 g/mol. The molecule has 5 heavy (non-hydrogen) atoms. The van der Waals surface area contributed by atoms with Crippen LogP contribution in [0.3, 0.4) is 0 Å². The van der Waals surface area contributed by atoms with Crippen LogP contribution in [0.15, 0.2) is 0 Å². The zero-order chi connectivity index (χ0) is 4.50. The summed E-state index contributed by atoms with van der Waals surface area (Å²) in [5, 5.41) is 0. The fourth-order valence-corrected chi connectivity index (χ4v) is 0. The van der Waals surface area contributed by atoms with Gasteiger partial charge in [0.15, 0.2) is 0 Å². The predicted molar refractivity (Wildman–Crippen MR) is 37.5 cm³/mol. The van der Waals surface area contributed by atoms with E-state index in [0.717, 1.165) is 0 Å². The SMILES string of the molecule is CC(P)(P)P. The molecule has 3 atom stereocenters. The van der Waals surface area contributed by atoms with Gasteiger partial charge in [-0.05, 0) is 6.92 Å². The Labute approximate surface area is 40.1 Å². The van der Waals surface area contributed by atoms with Crippen molar-refractivity contribution in [1.29, 1.82) is 0 Å². The summed E-state index contributed by atoms with van der Waals surface area (Å²) >= 11 is 0. The van der Waals surface area contributed by atoms with Crippen molar-refractivity contribution in [3.05, 3.63) is 0 Å². The third kappa shape index (κ3) is 34.4. The van der Waals surface area contributed by atoms with Gasteiger partial charge in [0.25, 0.3) is 0 Å². The first-order valence-electron chi connectivity index (χ1n) is 1.37. The third-order valence-electron chi connectivity index (χ3n) is 0. The molecule has 0 aliphatic carbocycles. The minimum absolute atomic E-state index is 0.250. The highest BCUT2D eigenvalue weighted by molar-refractivity contribution is 7.57. The molecule has 0 radical (unpaired) electrons. The van der Waals surface area contributed by atoms with Crippen LogP contribution >= 0.6 is 27.7 Å². The van der Waals surface area contributed by atoms with Crippen molar-refractivity contribution in [3.63, 3.8) is 0 Å². The van der Waals surface area contributed by atoms with E-state index in [2.05, 4.69) is 34.6 Å². The Morgan fingerprint density at radius 2 is 1.20 bits per heavy atom. The quantitative estimate of drug-likeness (QED) is 0.429. The minimum Gasteiger partial charge on any atom is -0.123 e. The van der Waals surface area contributed by atoms with E-state index in [1.807, 2.05) is 0 Å². The lowest BCUT2D eigenvalue weighted by Crippen LogP contribution is -1.83. The predicted octanol–water partition coefficient (Wildman–Crippen LogP) is 1.29. The largest absolute Gasteiger partial charge is 0.123 e. The van der Waals surface area contributed by atoms with E-state index in [1.54, 1.807) is 0 Å². The fraction of sp³-hybridized carbons (Fsp3) is 1.00. The highest BCUT2D eigenvalue weighted by Gasteiger charge is 1.96. The van der Waals surface area contributed by atoms with Crippen molar-refractivity contribution < 1.29 is 0 Å². The van der Waals surface area contributed by atoms with Gasteiger partial charge in [0.1, 0.15) is 0 Å². The van der Waals surface area contributed by atoms with Crippen LogP contribution in [0.1, 0.15) is 6.92 Å². The van der Waals surface area contributed by atoms with Crippen molar-refractivity contribution in [2.24, 2.45) is 0 Å². The molecule has 0 aromatic carbocycles. The van der Waals surface area contributed by atoms with Crippen LogP contribution in [0, 0.1) is 0 Å². The van der Waals surface area contributed by atoms with Crippen LogP contribution < -0.4 is 0 Å². The van der Waals surface area contributed by atoms with Crippen LogP contribution in [-0.4, -0.2) is 4.64 Å². The van der Waals surface area contributed by atoms with Crippen molar-refractivity contribution in [2.75, 3.05) is 0 Å². The average Bonchev–Trinajstić information content (AvgIpc) is 0.722. The van der Waals surface area contributed by atoms with E-state index in [0.29, 0.717) is 0 Å². The normalized spacial score (nSPS) is 12.0. The standard InChI is InChI=1S/C2H9P3/c1-2(3,4)5/h3-5H2,1H3. The maximum absolute atomic E-state index is 2.64. The molecule has 3 unspecified atom stereocenters. The van der Waals surface area contributed by atoms with Gasteiger partial charge in [0.2, 0.25) is 0 Å². The van der Waals surface area contributed by atoms with Gasteiger partial charge in [-0.2, -0.15) is 0 Å². The molecule has 32 valence electrons. The molecule has 0 rings (SSSR count). The number of hydrogen-bond acceptors (Lipinski definition) is 0. The Hall–Kier alpha value is 1.29. The van der Waals surface area contributed by atoms with E-state index in [-0.39, 0.29) is 4.64 Å². The van der Waals surface area contributed by atoms with Gasteiger partial charge in [0.05, 0.1) is 0 Å². The molecular formula is C2H9P3. The Morgan fingerprint density at radius 1 is 1.20 bits per heavy atom. The van der Waals surface area contributed by atoms with Gasteiger partial charge in [-0.25, -0.2) is 0 Å². The molecular weight excluding hydrogens is 117 g/mol. The Balaban J connectivity index is 3.02. The average molecular weight is 126 g/mol. The van der Waals surface area contributed by atoms with Gasteiger partial charge >= 0.3 is 0 Å². The van der Waals surface area contributed by atoms with Crippen LogP contribution in [-0.2, 0) is 0 Å². The maximum Gasteiger partial charge on any atom is 0.0104 e. The molecule has 0 amide bonds. The van der Waals surface area contributed by atoms with E-state index in [9.17, 15) is 0 Å². The summed E-state index contributed by atoms with van der Waals surface area (Å²) in [6, 6.07) is 0. The lowest BCUT2D eigenvalue weighted by Gasteiger charge is -2.05. The Bertz CT molecular complexity index is 20.4. The highest BCUT2D eigenvalue weighted by Crippen LogP contribution is 2.32. The van der Waals surface area contributed by atoms with Crippen LogP contribution in [0.2, 0.25) is 0 Å². The van der Waals surface area contributed by atoms with Crippen molar-refractivity contribution in [1.82, 2.24) is 0 Å². The molecule has 0 nitrogen and oxygen atoms in total. The lowest BCUT2D eigenvalue weighted by atomic mass is 10.9. The first-order valence-corrected chi connectivity index (χ1v) is 3.10. The molecule has 0 N–H and O–H groups in total. The minimum atomic E-state index is 0.250. The van der Waals surface area contributed by atoms with Gasteiger partial charge in [-0.1, -0.05) is 0 Å². The zero-order valence-corrected chi connectivity index (χ0v) is 6.70. The molecule has 0 aromatic rings. The molecule has 0 heterocycles. The second kappa shape index (κ2) is 1.83. The number of rotatable bonds is 0. The highest BCUT2D eigenvalue weighted by atomic mass is 31.1. The van der Waals surface area contributed by atoms with Crippen molar-refractivity contribution >= 4 is 27.7 Å². The summed E-state index contributed by atoms with van der Waals surface area (Å²) in [6.45, 7) is 2.08. The summed E-state index contributed by atoms with van der Waals surface area (Å²) in [4.78, 5) is 0. The molecule has 0 aromatic heterocycles. The van der Waals surface area contributed by atoms with E-state index < -0.39 is 0 Å². The van der Waals surface area contributed by atoms with E-state index in [1.165, 1.54) is 0 Å². The fourth-order valence-electron chi connectivity index (χ4n) is 0. The molecule has 0 saturated carbocycles. The first-order chi connectivity index (χ1) is 2.00. The first kappa shape index (κ1) is 6.29. The molecule has 3 heteroatoms. The van der Waals surface area contributed by atoms with Crippen LogP contribution in [0.25, 0.3) is 0 Å². The van der Waals surface area contributed by atoms with E-state index >= 15 is 0 Å². The van der Waals surface area contributed by atoms with E-state index in [4.69, 9.17) is 0 Å². The summed E-state index contributed by atoms with van der Waals surface area (Å²) in [5.41, 5.74) is 0. The maximum atomic E-state index is 2.64. The van der Waals surface area contributed by atoms with Crippen LogP contribution in [0.5, 0.6) is 0 Å². The molecule has 0 aliphatic rings. The summed E-state index contributed by atoms with van der Waals surface area (Å²) in [6.07, 6.45) is 0. The smallest absolute Gasteiger partial charge is 0.0104 e. The lowest BCUT2D eigenvalue weighted by molar-refractivity contribution is 1.34. The van der Waals surface area contributed by atoms with Crippen molar-refractivity contribution in [3.8, 4) is 0 Å². The Kier molecular flexibility index (Phi) is 2.30. The second-order valence-corrected chi connectivity index (χ2v) is 7.10. The summed E-state index contributed by atoms with van der Waals surface area (Å²) < 4.78 is 0.250. The topological polar surface area (TPSA) is 0 Å². The molecule has 0 bridgehead atoms. The second-order valence-electron chi connectivity index (χ2n) is 1.37. The summed E-state index contributed by atoms with van der Waals surface area (Å²) in [5.74, 6) is 0. The third-order valence-corrected chi connectivity index (χ3v) is 0. The van der Waals surface area contributed by atoms with Gasteiger partial charge in [-0.15, -0.1) is 27.7 Å². The van der Waals surface area contributed by atoms with Crippen LogP contribution in [0.4, 0.5) is 0 Å².